The molecule has 0 bridgehead atoms. The number of amides is 1. The molecule has 1 aliphatic heterocycles. The number of thioether (sulfide) groups is 1. The summed E-state index contributed by atoms with van der Waals surface area (Å²) >= 11 is 13.9. The number of carbonyl (C=O) groups is 1. The zero-order valence-corrected chi connectivity index (χ0v) is 25.8. The predicted octanol–water partition coefficient (Wildman–Crippen LogP) is 7.99. The molecular formula is C31H31Cl2N5O3S. The van der Waals surface area contributed by atoms with Crippen LogP contribution in [0.5, 0.6) is 11.5 Å². The number of hydrogen-bond donors (Lipinski definition) is 2. The number of para-hydroxylation sites is 2. The fourth-order valence-corrected chi connectivity index (χ4v) is 5.72. The van der Waals surface area contributed by atoms with Crippen LogP contribution >= 0.6 is 35.0 Å². The number of rotatable bonds is 11. The molecule has 1 aromatic heterocycles. The maximum atomic E-state index is 13.9. The SMILES string of the molecule is CCCSc1nc2n(n1)C(c1ccc(OCc3ccc(Cl)cc3Cl)cc1)C(C(=O)Nc1ccccc1OCC)=C(C)N2. The number of fused-ring (bicyclic) bond motifs is 1. The van der Waals surface area contributed by atoms with Gasteiger partial charge in [-0.15, -0.1) is 5.10 Å². The van der Waals surface area contributed by atoms with Crippen LogP contribution in [0.4, 0.5) is 11.6 Å². The van der Waals surface area contributed by atoms with Gasteiger partial charge in [0.2, 0.25) is 11.1 Å². The molecule has 1 amide bonds. The first-order valence-corrected chi connectivity index (χ1v) is 15.4. The Morgan fingerprint density at radius 2 is 1.86 bits per heavy atom. The second-order valence-corrected chi connectivity index (χ2v) is 11.5. The first-order valence-electron chi connectivity index (χ1n) is 13.6. The number of anilines is 2. The minimum atomic E-state index is -0.524. The van der Waals surface area contributed by atoms with Crippen molar-refractivity contribution in [1.82, 2.24) is 14.8 Å². The minimum absolute atomic E-state index is 0.265. The largest absolute Gasteiger partial charge is 0.492 e. The van der Waals surface area contributed by atoms with Gasteiger partial charge in [0, 0.05) is 27.1 Å². The van der Waals surface area contributed by atoms with Crippen LogP contribution < -0.4 is 20.1 Å². The van der Waals surface area contributed by atoms with Crippen LogP contribution in [0.3, 0.4) is 0 Å². The summed E-state index contributed by atoms with van der Waals surface area (Å²) in [5.41, 5.74) is 3.49. The van der Waals surface area contributed by atoms with Crippen LogP contribution in [0, 0.1) is 0 Å². The molecule has 3 aromatic carbocycles. The zero-order valence-electron chi connectivity index (χ0n) is 23.5. The Hall–Kier alpha value is -3.66. The van der Waals surface area contributed by atoms with Crippen LogP contribution in [0.1, 0.15) is 44.4 Å². The molecule has 1 atom stereocenters. The summed E-state index contributed by atoms with van der Waals surface area (Å²) in [7, 11) is 0. The third-order valence-electron chi connectivity index (χ3n) is 6.55. The quantitative estimate of drug-likeness (QED) is 0.164. The predicted molar refractivity (Wildman–Crippen MR) is 169 cm³/mol. The highest BCUT2D eigenvalue weighted by Gasteiger charge is 2.34. The van der Waals surface area contributed by atoms with Crippen LogP contribution in [-0.4, -0.2) is 33.0 Å². The number of ether oxygens (including phenoxy) is 2. The van der Waals surface area contributed by atoms with Crippen molar-refractivity contribution in [1.29, 1.82) is 0 Å². The van der Waals surface area contributed by atoms with Crippen LogP contribution in [0.15, 0.2) is 83.2 Å². The maximum Gasteiger partial charge on any atom is 0.255 e. The van der Waals surface area contributed by atoms with Gasteiger partial charge in [-0.05, 0) is 62.2 Å². The number of aromatic nitrogens is 3. The van der Waals surface area contributed by atoms with E-state index >= 15 is 0 Å². The smallest absolute Gasteiger partial charge is 0.255 e. The van der Waals surface area contributed by atoms with E-state index in [1.165, 1.54) is 0 Å². The average molecular weight is 625 g/mol. The second kappa shape index (κ2) is 13.5. The van der Waals surface area contributed by atoms with E-state index in [4.69, 9.17) is 42.8 Å². The monoisotopic (exact) mass is 623 g/mol. The Balaban J connectivity index is 1.45. The Labute approximate surface area is 259 Å². The third kappa shape index (κ3) is 6.69. The number of benzene rings is 3. The van der Waals surface area contributed by atoms with E-state index in [1.807, 2.05) is 68.4 Å². The van der Waals surface area contributed by atoms with Crippen molar-refractivity contribution < 1.29 is 14.3 Å². The van der Waals surface area contributed by atoms with E-state index in [0.717, 1.165) is 23.3 Å². The molecule has 0 saturated carbocycles. The molecule has 5 rings (SSSR count). The number of nitrogens with zero attached hydrogens (tertiary/aromatic N) is 3. The summed E-state index contributed by atoms with van der Waals surface area (Å²) in [4.78, 5) is 18.6. The molecule has 2 N–H and O–H groups in total. The first kappa shape index (κ1) is 29.8. The molecule has 4 aromatic rings. The van der Waals surface area contributed by atoms with E-state index in [0.29, 0.717) is 62.8 Å². The summed E-state index contributed by atoms with van der Waals surface area (Å²) in [6.45, 7) is 6.67. The lowest BCUT2D eigenvalue weighted by Gasteiger charge is -2.29. The summed E-state index contributed by atoms with van der Waals surface area (Å²) in [5, 5.41) is 12.9. The molecule has 42 heavy (non-hydrogen) atoms. The lowest BCUT2D eigenvalue weighted by atomic mass is 9.95. The van der Waals surface area contributed by atoms with Gasteiger partial charge in [-0.3, -0.25) is 4.79 Å². The normalized spacial score (nSPS) is 14.3. The first-order chi connectivity index (χ1) is 20.4. The van der Waals surface area contributed by atoms with E-state index in [2.05, 4.69) is 17.6 Å². The number of carbonyl (C=O) groups excluding carboxylic acids is 1. The van der Waals surface area contributed by atoms with Crippen molar-refractivity contribution in [3.05, 3.63) is 99.2 Å². The highest BCUT2D eigenvalue weighted by atomic mass is 35.5. The van der Waals surface area contributed by atoms with Crippen LogP contribution in [0.2, 0.25) is 10.0 Å². The topological polar surface area (TPSA) is 90.3 Å². The standard InChI is InChI=1S/C31H31Cl2N5O3S/c1-4-16-42-31-36-30-34-19(3)27(29(39)35-25-8-6-7-9-26(25)40-5-2)28(38(30)37-31)20-11-14-23(15-12-20)41-18-21-10-13-22(32)17-24(21)33/h6-15,17,28H,4-5,16,18H2,1-3H3,(H,35,39)(H,34,36,37). The van der Waals surface area contributed by atoms with Crippen molar-refractivity contribution in [2.24, 2.45) is 0 Å². The molecule has 2 heterocycles. The van der Waals surface area contributed by atoms with Crippen LogP contribution in [0.25, 0.3) is 0 Å². The molecule has 1 aliphatic rings. The van der Waals surface area contributed by atoms with Gasteiger partial charge in [0.05, 0.1) is 17.9 Å². The van der Waals surface area contributed by atoms with E-state index in [9.17, 15) is 4.79 Å². The molecule has 0 saturated heterocycles. The van der Waals surface area contributed by atoms with Crippen molar-refractivity contribution in [3.63, 3.8) is 0 Å². The summed E-state index contributed by atoms with van der Waals surface area (Å²) in [6, 6.07) is 19.8. The number of allylic oxidation sites excluding steroid dienone is 1. The van der Waals surface area contributed by atoms with Crippen molar-refractivity contribution >= 4 is 52.5 Å². The number of halogens is 2. The van der Waals surface area contributed by atoms with Crippen molar-refractivity contribution in [2.75, 3.05) is 23.0 Å². The number of nitrogens with one attached hydrogen (secondary N) is 2. The lowest BCUT2D eigenvalue weighted by molar-refractivity contribution is -0.113. The van der Waals surface area contributed by atoms with Gasteiger partial charge in [-0.1, -0.05) is 72.2 Å². The average Bonchev–Trinajstić information content (AvgIpc) is 3.38. The Morgan fingerprint density at radius 1 is 1.07 bits per heavy atom. The molecule has 8 nitrogen and oxygen atoms in total. The number of hydrogen-bond acceptors (Lipinski definition) is 7. The van der Waals surface area contributed by atoms with Gasteiger partial charge >= 0.3 is 0 Å². The summed E-state index contributed by atoms with van der Waals surface area (Å²) in [5.74, 6) is 2.48. The molecule has 218 valence electrons. The molecule has 0 aliphatic carbocycles. The van der Waals surface area contributed by atoms with Crippen molar-refractivity contribution in [3.8, 4) is 11.5 Å². The van der Waals surface area contributed by atoms with Crippen molar-refractivity contribution in [2.45, 2.75) is 45.0 Å². The molecule has 0 fully saturated rings. The molecule has 11 heteroatoms. The van der Waals surface area contributed by atoms with Gasteiger partial charge in [0.15, 0.2) is 0 Å². The van der Waals surface area contributed by atoms with E-state index in [-0.39, 0.29) is 5.91 Å². The van der Waals surface area contributed by atoms with E-state index in [1.54, 1.807) is 28.6 Å². The maximum absolute atomic E-state index is 13.9. The Bertz CT molecular complexity index is 1610. The highest BCUT2D eigenvalue weighted by molar-refractivity contribution is 7.99. The van der Waals surface area contributed by atoms with Gasteiger partial charge < -0.3 is 20.1 Å². The molecule has 0 spiro atoms. The fourth-order valence-electron chi connectivity index (χ4n) is 4.58. The van der Waals surface area contributed by atoms with Crippen LogP contribution in [-0.2, 0) is 11.4 Å². The highest BCUT2D eigenvalue weighted by Crippen LogP contribution is 2.38. The molecule has 0 radical (unpaired) electrons. The lowest BCUT2D eigenvalue weighted by Crippen LogP contribution is -2.31. The second-order valence-electron chi connectivity index (χ2n) is 9.55. The van der Waals surface area contributed by atoms with Gasteiger partial charge in [0.1, 0.15) is 24.1 Å². The third-order valence-corrected chi connectivity index (χ3v) is 8.18. The van der Waals surface area contributed by atoms with Gasteiger partial charge in [-0.2, -0.15) is 4.98 Å². The fraction of sp³-hybridized carbons (Fsp3) is 0.258. The van der Waals surface area contributed by atoms with Gasteiger partial charge in [0.25, 0.3) is 5.91 Å². The molecular weight excluding hydrogens is 593 g/mol. The Kier molecular flexibility index (Phi) is 9.62. The molecule has 1 unspecified atom stereocenters. The minimum Gasteiger partial charge on any atom is -0.492 e. The van der Waals surface area contributed by atoms with E-state index < -0.39 is 6.04 Å². The van der Waals surface area contributed by atoms with Gasteiger partial charge in [-0.25, -0.2) is 4.68 Å². The summed E-state index contributed by atoms with van der Waals surface area (Å²) in [6.07, 6.45) is 0.998. The Morgan fingerprint density at radius 3 is 2.60 bits per heavy atom. The zero-order chi connectivity index (χ0) is 29.6. The summed E-state index contributed by atoms with van der Waals surface area (Å²) < 4.78 is 13.5.